The topological polar surface area (TPSA) is 80.3 Å². The van der Waals surface area contributed by atoms with Crippen molar-refractivity contribution in [3.63, 3.8) is 0 Å². The molecule has 15 heavy (non-hydrogen) atoms. The van der Waals surface area contributed by atoms with Gasteiger partial charge in [0.05, 0.1) is 11.4 Å². The van der Waals surface area contributed by atoms with Gasteiger partial charge < -0.3 is 0 Å². The number of aromatic nitrogens is 5. The molecule has 0 atom stereocenters. The van der Waals surface area contributed by atoms with Gasteiger partial charge in [-0.1, -0.05) is 0 Å². The highest BCUT2D eigenvalue weighted by molar-refractivity contribution is 5.23. The summed E-state index contributed by atoms with van der Waals surface area (Å²) in [6.07, 6.45) is 3.15. The average molecular weight is 200 g/mol. The summed E-state index contributed by atoms with van der Waals surface area (Å²) in [5.74, 6) is 0.618. The first-order valence-corrected chi connectivity index (χ1v) is 4.34. The zero-order valence-corrected chi connectivity index (χ0v) is 8.34. The van der Waals surface area contributed by atoms with E-state index in [1.54, 1.807) is 6.20 Å². The molecule has 2 rings (SSSR count). The number of rotatable bonds is 1. The molecule has 2 heterocycles. The number of hydrogen-bond donors (Lipinski definition) is 0. The Labute approximate surface area is 86.2 Å². The standard InChI is InChI=1S/C9H8N6/c1-6-7(2)13-14-9(12-6)15-4-3-11-8(15)5-10/h3-4H,1-2H3. The van der Waals surface area contributed by atoms with E-state index >= 15 is 0 Å². The summed E-state index contributed by atoms with van der Waals surface area (Å²) in [6.45, 7) is 3.68. The molecule has 0 amide bonds. The highest BCUT2D eigenvalue weighted by atomic mass is 15.3. The molecular formula is C9H8N6. The van der Waals surface area contributed by atoms with Crippen LogP contribution in [0.15, 0.2) is 12.4 Å². The van der Waals surface area contributed by atoms with Gasteiger partial charge in [0.15, 0.2) is 0 Å². The van der Waals surface area contributed by atoms with Gasteiger partial charge in [0, 0.05) is 12.4 Å². The second kappa shape index (κ2) is 3.46. The molecule has 2 aromatic heterocycles. The molecule has 2 aromatic rings. The second-order valence-corrected chi connectivity index (χ2v) is 3.02. The predicted molar refractivity (Wildman–Crippen MR) is 51.1 cm³/mol. The Morgan fingerprint density at radius 3 is 2.73 bits per heavy atom. The molecule has 0 saturated heterocycles. The summed E-state index contributed by atoms with van der Waals surface area (Å²) in [6, 6.07) is 1.95. The zero-order valence-electron chi connectivity index (χ0n) is 8.34. The summed E-state index contributed by atoms with van der Waals surface area (Å²) in [4.78, 5) is 8.08. The molecular weight excluding hydrogens is 192 g/mol. The van der Waals surface area contributed by atoms with Crippen LogP contribution in [0.4, 0.5) is 0 Å². The van der Waals surface area contributed by atoms with Crippen molar-refractivity contribution in [2.45, 2.75) is 13.8 Å². The van der Waals surface area contributed by atoms with Gasteiger partial charge in [0.25, 0.3) is 5.95 Å². The fourth-order valence-corrected chi connectivity index (χ4v) is 1.09. The molecule has 0 saturated carbocycles. The molecule has 0 fully saturated rings. The summed E-state index contributed by atoms with van der Waals surface area (Å²) < 4.78 is 1.50. The Balaban J connectivity index is 2.56. The van der Waals surface area contributed by atoms with E-state index in [1.165, 1.54) is 10.8 Å². The van der Waals surface area contributed by atoms with Gasteiger partial charge >= 0.3 is 0 Å². The van der Waals surface area contributed by atoms with Gasteiger partial charge in [0.1, 0.15) is 6.07 Å². The Morgan fingerprint density at radius 2 is 2.07 bits per heavy atom. The molecule has 0 radical (unpaired) electrons. The summed E-state index contributed by atoms with van der Waals surface area (Å²) >= 11 is 0. The fraction of sp³-hybridized carbons (Fsp3) is 0.222. The van der Waals surface area contributed by atoms with Crippen LogP contribution >= 0.6 is 0 Å². The van der Waals surface area contributed by atoms with Gasteiger partial charge in [-0.15, -0.1) is 5.10 Å². The Morgan fingerprint density at radius 1 is 1.27 bits per heavy atom. The molecule has 0 aliphatic rings. The third-order valence-electron chi connectivity index (χ3n) is 2.04. The number of nitriles is 1. The van der Waals surface area contributed by atoms with E-state index in [0.29, 0.717) is 5.95 Å². The lowest BCUT2D eigenvalue weighted by molar-refractivity contribution is 0.807. The minimum atomic E-state index is 0.250. The number of nitrogens with zero attached hydrogens (tertiary/aromatic N) is 6. The normalized spacial score (nSPS) is 9.93. The van der Waals surface area contributed by atoms with Crippen molar-refractivity contribution in [3.05, 3.63) is 29.6 Å². The van der Waals surface area contributed by atoms with Gasteiger partial charge in [-0.05, 0) is 13.8 Å². The van der Waals surface area contributed by atoms with Crippen LogP contribution in [0.5, 0.6) is 0 Å². The van der Waals surface area contributed by atoms with Gasteiger partial charge in [-0.2, -0.15) is 10.4 Å². The molecule has 0 unspecified atom stereocenters. The second-order valence-electron chi connectivity index (χ2n) is 3.02. The van der Waals surface area contributed by atoms with Crippen molar-refractivity contribution in [2.24, 2.45) is 0 Å². The zero-order chi connectivity index (χ0) is 10.8. The molecule has 6 nitrogen and oxygen atoms in total. The average Bonchev–Trinajstić information content (AvgIpc) is 2.70. The molecule has 0 aliphatic heterocycles. The molecule has 74 valence electrons. The molecule has 0 bridgehead atoms. The summed E-state index contributed by atoms with van der Waals surface area (Å²) in [5.41, 5.74) is 1.56. The number of aryl methyl sites for hydroxylation is 2. The van der Waals surface area contributed by atoms with Crippen LogP contribution in [0, 0.1) is 25.2 Å². The van der Waals surface area contributed by atoms with E-state index in [4.69, 9.17) is 5.26 Å². The molecule has 0 aliphatic carbocycles. The van der Waals surface area contributed by atoms with Crippen LogP contribution in [0.3, 0.4) is 0 Å². The SMILES string of the molecule is Cc1nnc(-n2ccnc2C#N)nc1C. The van der Waals surface area contributed by atoms with E-state index in [2.05, 4.69) is 20.2 Å². The van der Waals surface area contributed by atoms with Gasteiger partial charge in [0.2, 0.25) is 5.82 Å². The lowest BCUT2D eigenvalue weighted by atomic mass is 10.4. The first kappa shape index (κ1) is 9.27. The van der Waals surface area contributed by atoms with E-state index in [-0.39, 0.29) is 5.82 Å². The fourth-order valence-electron chi connectivity index (χ4n) is 1.09. The third kappa shape index (κ3) is 1.55. The Bertz CT molecular complexity index is 536. The predicted octanol–water partition coefficient (Wildman–Crippen LogP) is 0.546. The van der Waals surface area contributed by atoms with E-state index in [0.717, 1.165) is 11.4 Å². The highest BCUT2D eigenvalue weighted by Crippen LogP contribution is 2.05. The maximum absolute atomic E-state index is 8.78. The van der Waals surface area contributed by atoms with Crippen LogP contribution in [0.25, 0.3) is 5.95 Å². The minimum Gasteiger partial charge on any atom is -0.258 e. The molecule has 0 N–H and O–H groups in total. The monoisotopic (exact) mass is 200 g/mol. The molecule has 6 heteroatoms. The van der Waals surface area contributed by atoms with Crippen LogP contribution in [-0.2, 0) is 0 Å². The van der Waals surface area contributed by atoms with Gasteiger partial charge in [-0.3, -0.25) is 4.57 Å². The van der Waals surface area contributed by atoms with Crippen molar-refractivity contribution < 1.29 is 0 Å². The van der Waals surface area contributed by atoms with Crippen molar-refractivity contribution in [1.29, 1.82) is 5.26 Å². The smallest absolute Gasteiger partial charge is 0.256 e. The van der Waals surface area contributed by atoms with Gasteiger partial charge in [-0.25, -0.2) is 9.97 Å². The van der Waals surface area contributed by atoms with E-state index in [1.807, 2.05) is 19.9 Å². The first-order chi connectivity index (χ1) is 7.22. The van der Waals surface area contributed by atoms with Crippen molar-refractivity contribution in [3.8, 4) is 12.0 Å². The van der Waals surface area contributed by atoms with Crippen molar-refractivity contribution in [2.75, 3.05) is 0 Å². The van der Waals surface area contributed by atoms with Crippen molar-refractivity contribution >= 4 is 0 Å². The van der Waals surface area contributed by atoms with E-state index < -0.39 is 0 Å². The lowest BCUT2D eigenvalue weighted by Gasteiger charge is -2.02. The van der Waals surface area contributed by atoms with Crippen LogP contribution in [0.2, 0.25) is 0 Å². The highest BCUT2D eigenvalue weighted by Gasteiger charge is 2.08. The lowest BCUT2D eigenvalue weighted by Crippen LogP contribution is -2.07. The number of imidazole rings is 1. The maximum Gasteiger partial charge on any atom is 0.256 e. The summed E-state index contributed by atoms with van der Waals surface area (Å²) in [7, 11) is 0. The largest absolute Gasteiger partial charge is 0.258 e. The van der Waals surface area contributed by atoms with Crippen molar-refractivity contribution in [1.82, 2.24) is 24.7 Å². The summed E-state index contributed by atoms with van der Waals surface area (Å²) in [5, 5.41) is 16.6. The quantitative estimate of drug-likeness (QED) is 0.671. The van der Waals surface area contributed by atoms with Crippen LogP contribution < -0.4 is 0 Å². The molecule has 0 spiro atoms. The first-order valence-electron chi connectivity index (χ1n) is 4.34. The minimum absolute atomic E-state index is 0.250. The molecule has 0 aromatic carbocycles. The Hall–Kier alpha value is -2.29. The van der Waals surface area contributed by atoms with E-state index in [9.17, 15) is 0 Å². The number of hydrogen-bond acceptors (Lipinski definition) is 5. The third-order valence-corrected chi connectivity index (χ3v) is 2.04. The Kier molecular flexibility index (Phi) is 2.14. The van der Waals surface area contributed by atoms with Crippen LogP contribution in [0.1, 0.15) is 17.2 Å². The van der Waals surface area contributed by atoms with Crippen LogP contribution in [-0.4, -0.2) is 24.7 Å². The maximum atomic E-state index is 8.78.